The normalized spacial score (nSPS) is 14.9. The molecule has 0 radical (unpaired) electrons. The molecular formula is C10H21NO3. The van der Waals surface area contributed by atoms with E-state index in [1.165, 1.54) is 7.11 Å². The van der Waals surface area contributed by atoms with Crippen molar-refractivity contribution in [2.24, 2.45) is 0 Å². The van der Waals surface area contributed by atoms with Crippen molar-refractivity contribution in [3.63, 3.8) is 0 Å². The molecule has 14 heavy (non-hydrogen) atoms. The molecule has 0 aromatic carbocycles. The van der Waals surface area contributed by atoms with Crippen LogP contribution in [0.25, 0.3) is 0 Å². The van der Waals surface area contributed by atoms with E-state index in [2.05, 4.69) is 10.1 Å². The summed E-state index contributed by atoms with van der Waals surface area (Å²) in [7, 11) is 1.39. The Morgan fingerprint density at radius 3 is 2.64 bits per heavy atom. The van der Waals surface area contributed by atoms with Crippen molar-refractivity contribution in [2.75, 3.05) is 13.7 Å². The fourth-order valence-electron chi connectivity index (χ4n) is 1.28. The van der Waals surface area contributed by atoms with E-state index in [0.717, 1.165) is 19.4 Å². The highest BCUT2D eigenvalue weighted by Crippen LogP contribution is 1.97. The van der Waals surface area contributed by atoms with Gasteiger partial charge in [0.25, 0.3) is 0 Å². The van der Waals surface area contributed by atoms with Crippen molar-refractivity contribution in [3.05, 3.63) is 0 Å². The van der Waals surface area contributed by atoms with Crippen LogP contribution < -0.4 is 5.32 Å². The molecular weight excluding hydrogens is 182 g/mol. The fourth-order valence-corrected chi connectivity index (χ4v) is 1.28. The van der Waals surface area contributed by atoms with E-state index in [1.807, 2.05) is 6.92 Å². The van der Waals surface area contributed by atoms with Crippen LogP contribution in [0.4, 0.5) is 0 Å². The van der Waals surface area contributed by atoms with Crippen LogP contribution in [-0.2, 0) is 9.53 Å². The smallest absolute Gasteiger partial charge is 0.305 e. The maximum Gasteiger partial charge on any atom is 0.305 e. The van der Waals surface area contributed by atoms with Crippen LogP contribution >= 0.6 is 0 Å². The van der Waals surface area contributed by atoms with Crippen molar-refractivity contribution in [1.29, 1.82) is 0 Å². The third-order valence-corrected chi connectivity index (χ3v) is 1.97. The van der Waals surface area contributed by atoms with Gasteiger partial charge >= 0.3 is 5.97 Å². The van der Waals surface area contributed by atoms with Crippen LogP contribution in [0.15, 0.2) is 0 Å². The third-order valence-electron chi connectivity index (χ3n) is 1.97. The number of aliphatic hydroxyl groups is 1. The lowest BCUT2D eigenvalue weighted by atomic mass is 10.1. The average Bonchev–Trinajstić information content (AvgIpc) is 2.10. The van der Waals surface area contributed by atoms with Gasteiger partial charge < -0.3 is 15.2 Å². The summed E-state index contributed by atoms with van der Waals surface area (Å²) in [4.78, 5) is 10.7. The summed E-state index contributed by atoms with van der Waals surface area (Å²) in [6.07, 6.45) is 1.68. The van der Waals surface area contributed by atoms with Crippen LogP contribution in [0.1, 0.15) is 33.1 Å². The molecule has 0 aliphatic rings. The van der Waals surface area contributed by atoms with Crippen LogP contribution in [-0.4, -0.2) is 36.9 Å². The lowest BCUT2D eigenvalue weighted by Gasteiger charge is -2.14. The summed E-state index contributed by atoms with van der Waals surface area (Å²) < 4.78 is 4.52. The van der Waals surface area contributed by atoms with Crippen molar-refractivity contribution < 1.29 is 14.6 Å². The number of carbonyl (C=O) groups is 1. The SMILES string of the molecule is COC(=O)CCCNC(C)CC(C)O. The van der Waals surface area contributed by atoms with Gasteiger partial charge in [0.05, 0.1) is 13.2 Å². The van der Waals surface area contributed by atoms with Gasteiger partial charge in [-0.3, -0.25) is 4.79 Å². The lowest BCUT2D eigenvalue weighted by Crippen LogP contribution is -2.30. The Labute approximate surface area is 85.6 Å². The highest BCUT2D eigenvalue weighted by molar-refractivity contribution is 5.69. The molecule has 4 nitrogen and oxygen atoms in total. The summed E-state index contributed by atoms with van der Waals surface area (Å²) in [6, 6.07) is 0.285. The van der Waals surface area contributed by atoms with Crippen molar-refractivity contribution in [3.8, 4) is 0 Å². The first-order valence-corrected chi connectivity index (χ1v) is 5.04. The Morgan fingerprint density at radius 2 is 2.14 bits per heavy atom. The number of carbonyl (C=O) groups excluding carboxylic acids is 1. The molecule has 84 valence electrons. The highest BCUT2D eigenvalue weighted by atomic mass is 16.5. The summed E-state index contributed by atoms with van der Waals surface area (Å²) in [5.41, 5.74) is 0. The number of methoxy groups -OCH3 is 1. The predicted octanol–water partition coefficient (Wildman–Crippen LogP) is 0.689. The van der Waals surface area contributed by atoms with Crippen LogP contribution in [0, 0.1) is 0 Å². The van der Waals surface area contributed by atoms with Gasteiger partial charge in [0, 0.05) is 12.5 Å². The van der Waals surface area contributed by atoms with E-state index in [4.69, 9.17) is 5.11 Å². The third kappa shape index (κ3) is 8.01. The molecule has 4 heteroatoms. The molecule has 0 amide bonds. The van der Waals surface area contributed by atoms with E-state index >= 15 is 0 Å². The monoisotopic (exact) mass is 203 g/mol. The number of esters is 1. The molecule has 0 aromatic rings. The zero-order valence-corrected chi connectivity index (χ0v) is 9.25. The molecule has 2 unspecified atom stereocenters. The summed E-state index contributed by atoms with van der Waals surface area (Å²) in [5.74, 6) is -0.171. The first kappa shape index (κ1) is 13.4. The van der Waals surface area contributed by atoms with Gasteiger partial charge in [-0.05, 0) is 33.2 Å². The number of hydrogen-bond acceptors (Lipinski definition) is 4. The van der Waals surface area contributed by atoms with E-state index in [0.29, 0.717) is 6.42 Å². The molecule has 0 aromatic heterocycles. The second kappa shape index (κ2) is 7.76. The van der Waals surface area contributed by atoms with E-state index in [-0.39, 0.29) is 18.1 Å². The zero-order valence-electron chi connectivity index (χ0n) is 9.25. The minimum absolute atomic E-state index is 0.171. The van der Waals surface area contributed by atoms with Crippen molar-refractivity contribution >= 4 is 5.97 Å². The average molecular weight is 203 g/mol. The largest absolute Gasteiger partial charge is 0.469 e. The Balaban J connectivity index is 3.31. The van der Waals surface area contributed by atoms with Gasteiger partial charge in [-0.25, -0.2) is 0 Å². The second-order valence-electron chi connectivity index (χ2n) is 3.62. The standard InChI is InChI=1S/C10H21NO3/c1-8(7-9(2)12)11-6-4-5-10(13)14-3/h8-9,11-12H,4-7H2,1-3H3. The van der Waals surface area contributed by atoms with Crippen molar-refractivity contribution in [2.45, 2.75) is 45.3 Å². The maximum atomic E-state index is 10.7. The van der Waals surface area contributed by atoms with Gasteiger partial charge in [-0.1, -0.05) is 0 Å². The number of nitrogens with one attached hydrogen (secondary N) is 1. The second-order valence-corrected chi connectivity index (χ2v) is 3.62. The number of hydrogen-bond donors (Lipinski definition) is 2. The molecule has 2 atom stereocenters. The molecule has 2 N–H and O–H groups in total. The number of aliphatic hydroxyl groups excluding tert-OH is 1. The Hall–Kier alpha value is -0.610. The summed E-state index contributed by atoms with van der Waals surface area (Å²) in [6.45, 7) is 4.57. The molecule has 0 saturated heterocycles. The molecule has 0 saturated carbocycles. The minimum atomic E-state index is -0.280. The Morgan fingerprint density at radius 1 is 1.50 bits per heavy atom. The minimum Gasteiger partial charge on any atom is -0.469 e. The van der Waals surface area contributed by atoms with E-state index in [9.17, 15) is 4.79 Å². The van der Waals surface area contributed by atoms with Gasteiger partial charge in [0.2, 0.25) is 0 Å². The first-order valence-electron chi connectivity index (χ1n) is 5.04. The van der Waals surface area contributed by atoms with Crippen LogP contribution in [0.2, 0.25) is 0 Å². The van der Waals surface area contributed by atoms with Crippen LogP contribution in [0.5, 0.6) is 0 Å². The number of rotatable bonds is 7. The summed E-state index contributed by atoms with van der Waals surface area (Å²) >= 11 is 0. The van der Waals surface area contributed by atoms with Crippen molar-refractivity contribution in [1.82, 2.24) is 5.32 Å². The molecule has 0 bridgehead atoms. The van der Waals surface area contributed by atoms with Gasteiger partial charge in [-0.15, -0.1) is 0 Å². The topological polar surface area (TPSA) is 58.6 Å². The quantitative estimate of drug-likeness (QED) is 0.472. The predicted molar refractivity (Wildman–Crippen MR) is 55.0 cm³/mol. The zero-order chi connectivity index (χ0) is 11.0. The molecule has 0 heterocycles. The molecule has 0 rings (SSSR count). The highest BCUT2D eigenvalue weighted by Gasteiger charge is 2.05. The van der Waals surface area contributed by atoms with Gasteiger partial charge in [0.15, 0.2) is 0 Å². The molecule has 0 aliphatic heterocycles. The van der Waals surface area contributed by atoms with Gasteiger partial charge in [-0.2, -0.15) is 0 Å². The Kier molecular flexibility index (Phi) is 7.42. The molecule has 0 aliphatic carbocycles. The Bertz CT molecular complexity index is 159. The van der Waals surface area contributed by atoms with E-state index < -0.39 is 0 Å². The number of ether oxygens (including phenoxy) is 1. The van der Waals surface area contributed by atoms with E-state index in [1.54, 1.807) is 6.92 Å². The fraction of sp³-hybridized carbons (Fsp3) is 0.900. The first-order chi connectivity index (χ1) is 6.56. The molecule has 0 fully saturated rings. The molecule has 0 spiro atoms. The maximum absolute atomic E-state index is 10.7. The van der Waals surface area contributed by atoms with Gasteiger partial charge in [0.1, 0.15) is 0 Å². The van der Waals surface area contributed by atoms with Crippen LogP contribution in [0.3, 0.4) is 0 Å². The lowest BCUT2D eigenvalue weighted by molar-refractivity contribution is -0.140. The summed E-state index contributed by atoms with van der Waals surface area (Å²) in [5, 5.41) is 12.3.